The molecule has 0 radical (unpaired) electrons. The van der Waals surface area contributed by atoms with Crippen molar-refractivity contribution in [1.82, 2.24) is 4.57 Å². The van der Waals surface area contributed by atoms with Gasteiger partial charge < -0.3 is 19.1 Å². The van der Waals surface area contributed by atoms with Crippen LogP contribution in [0.15, 0.2) is 47.4 Å². The van der Waals surface area contributed by atoms with Crippen molar-refractivity contribution < 1.29 is 19.4 Å². The average molecular weight is 365 g/mol. The summed E-state index contributed by atoms with van der Waals surface area (Å²) in [7, 11) is 2.96. The number of rotatable bonds is 4. The number of carboxylic acids is 1. The maximum Gasteiger partial charge on any atom is 0.337 e. The monoisotopic (exact) mass is 365 g/mol. The van der Waals surface area contributed by atoms with Gasteiger partial charge in [-0.25, -0.2) is 4.79 Å². The Morgan fingerprint density at radius 3 is 2.44 bits per heavy atom. The van der Waals surface area contributed by atoms with Crippen LogP contribution in [0.3, 0.4) is 0 Å². The molecule has 0 aliphatic heterocycles. The summed E-state index contributed by atoms with van der Waals surface area (Å²) in [6, 6.07) is 10.9. The van der Waals surface area contributed by atoms with Crippen molar-refractivity contribution in [2.24, 2.45) is 0 Å². The van der Waals surface area contributed by atoms with Crippen LogP contribution in [0.4, 0.5) is 0 Å². The van der Waals surface area contributed by atoms with Crippen LogP contribution in [-0.2, 0) is 6.42 Å². The molecule has 0 amide bonds. The van der Waals surface area contributed by atoms with Gasteiger partial charge >= 0.3 is 5.97 Å². The normalized spacial score (nSPS) is 15.6. The Morgan fingerprint density at radius 1 is 1.11 bits per heavy atom. The fourth-order valence-electron chi connectivity index (χ4n) is 3.91. The summed E-state index contributed by atoms with van der Waals surface area (Å²) in [6.07, 6.45) is 3.07. The van der Waals surface area contributed by atoms with Gasteiger partial charge in [-0.2, -0.15) is 0 Å². The zero-order chi connectivity index (χ0) is 19.1. The lowest BCUT2D eigenvalue weighted by Gasteiger charge is -2.18. The first kappa shape index (κ1) is 17.1. The van der Waals surface area contributed by atoms with Crippen LogP contribution < -0.4 is 15.0 Å². The van der Waals surface area contributed by atoms with Crippen LogP contribution in [-0.4, -0.2) is 29.9 Å². The number of benzene rings is 2. The number of fused-ring (bicyclic) bond motifs is 2. The van der Waals surface area contributed by atoms with E-state index in [0.717, 1.165) is 18.4 Å². The van der Waals surface area contributed by atoms with Crippen LogP contribution in [0.5, 0.6) is 11.5 Å². The molecule has 1 aliphatic carbocycles. The number of ether oxygens (including phenoxy) is 2. The van der Waals surface area contributed by atoms with E-state index in [9.17, 15) is 14.7 Å². The molecule has 1 atom stereocenters. The van der Waals surface area contributed by atoms with Crippen LogP contribution >= 0.6 is 0 Å². The molecule has 1 N–H and O–H groups in total. The van der Waals surface area contributed by atoms with E-state index in [1.54, 1.807) is 16.7 Å². The third-order valence-corrected chi connectivity index (χ3v) is 5.21. The second kappa shape index (κ2) is 6.46. The van der Waals surface area contributed by atoms with Crippen LogP contribution in [0.1, 0.15) is 33.9 Å². The maximum atomic E-state index is 13.2. The van der Waals surface area contributed by atoms with Gasteiger partial charge in [0.2, 0.25) is 0 Å². The third kappa shape index (κ3) is 2.65. The summed E-state index contributed by atoms with van der Waals surface area (Å²) in [6.45, 7) is 0. The topological polar surface area (TPSA) is 77.8 Å². The van der Waals surface area contributed by atoms with Crippen molar-refractivity contribution in [1.29, 1.82) is 0 Å². The third-order valence-electron chi connectivity index (χ3n) is 5.21. The van der Waals surface area contributed by atoms with Crippen LogP contribution in [0, 0.1) is 0 Å². The van der Waals surface area contributed by atoms with Crippen LogP contribution in [0.2, 0.25) is 0 Å². The molecule has 0 fully saturated rings. The lowest BCUT2D eigenvalue weighted by molar-refractivity contribution is 0.0698. The highest BCUT2D eigenvalue weighted by Gasteiger charge is 2.27. The van der Waals surface area contributed by atoms with Crippen molar-refractivity contribution in [3.63, 3.8) is 0 Å². The van der Waals surface area contributed by atoms with Crippen molar-refractivity contribution in [2.75, 3.05) is 14.2 Å². The summed E-state index contributed by atoms with van der Waals surface area (Å²) in [5.41, 5.74) is 2.09. The number of aromatic nitrogens is 1. The number of hydrogen-bond donors (Lipinski definition) is 1. The Kier molecular flexibility index (Phi) is 4.11. The van der Waals surface area contributed by atoms with Gasteiger partial charge in [0.1, 0.15) is 0 Å². The van der Waals surface area contributed by atoms with Crippen LogP contribution in [0.25, 0.3) is 10.8 Å². The maximum absolute atomic E-state index is 13.2. The lowest BCUT2D eigenvalue weighted by atomic mass is 10.0. The smallest absolute Gasteiger partial charge is 0.337 e. The van der Waals surface area contributed by atoms with Crippen molar-refractivity contribution >= 4 is 16.7 Å². The van der Waals surface area contributed by atoms with E-state index in [0.29, 0.717) is 22.3 Å². The predicted octanol–water partition coefficient (Wildman–Crippen LogP) is 3.25. The zero-order valence-electron chi connectivity index (χ0n) is 15.1. The second-order valence-electron chi connectivity index (χ2n) is 6.57. The molecular formula is C21H19NO5. The Labute approximate surface area is 155 Å². The second-order valence-corrected chi connectivity index (χ2v) is 6.57. The molecule has 1 aliphatic rings. The van der Waals surface area contributed by atoms with E-state index in [1.807, 2.05) is 24.3 Å². The number of pyridine rings is 1. The highest BCUT2D eigenvalue weighted by molar-refractivity contribution is 6.04. The van der Waals surface area contributed by atoms with E-state index >= 15 is 0 Å². The number of nitrogens with zero attached hydrogens (tertiary/aromatic N) is 1. The molecule has 6 nitrogen and oxygen atoms in total. The first-order chi connectivity index (χ1) is 13.0. The van der Waals surface area contributed by atoms with E-state index in [2.05, 4.69) is 0 Å². The Bertz CT molecular complexity index is 1120. The van der Waals surface area contributed by atoms with E-state index in [-0.39, 0.29) is 17.2 Å². The summed E-state index contributed by atoms with van der Waals surface area (Å²) in [5, 5.41) is 10.4. The molecule has 138 valence electrons. The molecule has 0 spiro atoms. The standard InChI is InChI=1S/C21H19NO5/c1-26-18-9-14-15(10-19(18)27-2)20(23)22(11-16(14)21(24)25)17-8-7-12-5-3-4-6-13(12)17/h3-6,9-11,17H,7-8H2,1-2H3,(H,24,25). The van der Waals surface area contributed by atoms with E-state index in [4.69, 9.17) is 9.47 Å². The molecule has 1 aromatic heterocycles. The Hall–Kier alpha value is -3.28. The number of aromatic carboxylic acids is 1. The molecule has 4 rings (SSSR count). The molecule has 0 saturated carbocycles. The van der Waals surface area contributed by atoms with Gasteiger partial charge in [0, 0.05) is 11.6 Å². The highest BCUT2D eigenvalue weighted by Crippen LogP contribution is 2.36. The van der Waals surface area contributed by atoms with Gasteiger partial charge in [-0.3, -0.25) is 4.79 Å². The van der Waals surface area contributed by atoms with Crippen molar-refractivity contribution in [3.05, 3.63) is 69.6 Å². The summed E-state index contributed by atoms with van der Waals surface area (Å²) < 4.78 is 12.1. The van der Waals surface area contributed by atoms with Gasteiger partial charge in [-0.15, -0.1) is 0 Å². The minimum absolute atomic E-state index is 0.0648. The fourth-order valence-corrected chi connectivity index (χ4v) is 3.91. The highest BCUT2D eigenvalue weighted by atomic mass is 16.5. The number of carbonyl (C=O) groups is 1. The number of hydrogen-bond acceptors (Lipinski definition) is 4. The Balaban J connectivity index is 2.02. The summed E-state index contributed by atoms with van der Waals surface area (Å²) in [4.78, 5) is 25.1. The largest absolute Gasteiger partial charge is 0.493 e. The first-order valence-corrected chi connectivity index (χ1v) is 8.67. The minimum Gasteiger partial charge on any atom is -0.493 e. The van der Waals surface area contributed by atoms with Gasteiger partial charge in [-0.1, -0.05) is 24.3 Å². The lowest BCUT2D eigenvalue weighted by Crippen LogP contribution is -2.26. The average Bonchev–Trinajstić information content (AvgIpc) is 3.11. The van der Waals surface area contributed by atoms with Gasteiger partial charge in [0.25, 0.3) is 5.56 Å². The van der Waals surface area contributed by atoms with Gasteiger partial charge in [-0.05, 0) is 36.1 Å². The number of aryl methyl sites for hydroxylation is 1. The molecule has 6 heteroatoms. The molecule has 1 unspecified atom stereocenters. The SMILES string of the molecule is COc1cc2c(C(=O)O)cn(C3CCc4ccccc43)c(=O)c2cc1OC. The Morgan fingerprint density at radius 2 is 1.78 bits per heavy atom. The van der Waals surface area contributed by atoms with Crippen molar-refractivity contribution in [2.45, 2.75) is 18.9 Å². The molecule has 27 heavy (non-hydrogen) atoms. The molecule has 3 aromatic rings. The zero-order valence-corrected chi connectivity index (χ0v) is 15.1. The van der Waals surface area contributed by atoms with Gasteiger partial charge in [0.05, 0.1) is 31.2 Å². The fraction of sp³-hybridized carbons (Fsp3) is 0.238. The summed E-state index contributed by atoms with van der Waals surface area (Å²) in [5.74, 6) is -0.314. The van der Waals surface area contributed by atoms with E-state index in [1.165, 1.54) is 26.0 Å². The molecular weight excluding hydrogens is 346 g/mol. The molecule has 0 bridgehead atoms. The van der Waals surface area contributed by atoms with E-state index < -0.39 is 5.97 Å². The first-order valence-electron chi connectivity index (χ1n) is 8.67. The predicted molar refractivity (Wildman–Crippen MR) is 101 cm³/mol. The molecule has 1 heterocycles. The molecule has 2 aromatic carbocycles. The number of methoxy groups -OCH3 is 2. The van der Waals surface area contributed by atoms with Gasteiger partial charge in [0.15, 0.2) is 11.5 Å². The molecule has 0 saturated heterocycles. The number of carboxylic acid groups (broad SMARTS) is 1. The summed E-state index contributed by atoms with van der Waals surface area (Å²) >= 11 is 0. The quantitative estimate of drug-likeness (QED) is 0.768. The van der Waals surface area contributed by atoms with Crippen molar-refractivity contribution in [3.8, 4) is 11.5 Å². The minimum atomic E-state index is -1.09.